The van der Waals surface area contributed by atoms with Gasteiger partial charge in [-0.05, 0) is 31.2 Å². The molecule has 3 rings (SSSR count). The first-order valence-corrected chi connectivity index (χ1v) is 8.14. The van der Waals surface area contributed by atoms with Crippen molar-refractivity contribution in [2.24, 2.45) is 7.05 Å². The minimum absolute atomic E-state index is 0.0127. The predicted octanol–water partition coefficient (Wildman–Crippen LogP) is 4.65. The maximum absolute atomic E-state index is 14.0. The molecule has 1 heterocycles. The number of aromatic nitrogens is 3. The van der Waals surface area contributed by atoms with Gasteiger partial charge in [0.25, 0.3) is 0 Å². The molecule has 0 amide bonds. The Morgan fingerprint density at radius 2 is 1.86 bits per heavy atom. The van der Waals surface area contributed by atoms with E-state index in [9.17, 15) is 17.6 Å². The molecular formula is C19H14F4N4O. The second kappa shape index (κ2) is 7.31. The zero-order valence-electron chi connectivity index (χ0n) is 14.8. The van der Waals surface area contributed by atoms with Gasteiger partial charge in [-0.1, -0.05) is 18.2 Å². The van der Waals surface area contributed by atoms with Crippen LogP contribution in [0, 0.1) is 17.1 Å². The van der Waals surface area contributed by atoms with Gasteiger partial charge < -0.3 is 9.30 Å². The SMILES string of the molecule is C[C@H](Oc1ccc(C#N)cc1F)c1nnc(-c2ccccc2C(F)(F)F)n1C. The van der Waals surface area contributed by atoms with Crippen molar-refractivity contribution >= 4 is 0 Å². The van der Waals surface area contributed by atoms with E-state index >= 15 is 0 Å². The molecule has 5 nitrogen and oxygen atoms in total. The number of rotatable bonds is 4. The van der Waals surface area contributed by atoms with Crippen molar-refractivity contribution in [1.29, 1.82) is 5.26 Å². The molecule has 0 aliphatic rings. The van der Waals surface area contributed by atoms with E-state index in [0.29, 0.717) is 0 Å². The number of ether oxygens (including phenoxy) is 1. The largest absolute Gasteiger partial charge is 0.480 e. The Bertz CT molecular complexity index is 1050. The number of nitrogens with zero attached hydrogens (tertiary/aromatic N) is 4. The van der Waals surface area contributed by atoms with E-state index in [2.05, 4.69) is 10.2 Å². The quantitative estimate of drug-likeness (QED) is 0.609. The standard InChI is InChI=1S/C19H14F4N4O/c1-11(28-16-8-7-12(10-24)9-15(16)20)17-25-26-18(27(17)2)13-5-3-4-6-14(13)19(21,22)23/h3-9,11H,1-2H3/t11-/m0/s1. The Morgan fingerprint density at radius 1 is 1.14 bits per heavy atom. The van der Waals surface area contributed by atoms with Crippen molar-refractivity contribution in [1.82, 2.24) is 14.8 Å². The first-order valence-electron chi connectivity index (χ1n) is 8.14. The van der Waals surface area contributed by atoms with Crippen molar-refractivity contribution < 1.29 is 22.3 Å². The van der Waals surface area contributed by atoms with Gasteiger partial charge >= 0.3 is 6.18 Å². The van der Waals surface area contributed by atoms with Crippen molar-refractivity contribution in [2.75, 3.05) is 0 Å². The normalized spacial score (nSPS) is 12.5. The molecule has 0 radical (unpaired) electrons. The summed E-state index contributed by atoms with van der Waals surface area (Å²) in [6, 6.07) is 10.6. The number of halogens is 4. The van der Waals surface area contributed by atoms with Gasteiger partial charge in [0, 0.05) is 12.6 Å². The molecule has 0 N–H and O–H groups in total. The predicted molar refractivity (Wildman–Crippen MR) is 91.6 cm³/mol. The molecule has 0 aliphatic carbocycles. The molecule has 1 aromatic heterocycles. The molecule has 144 valence electrons. The minimum Gasteiger partial charge on any atom is -0.480 e. The average Bonchev–Trinajstić information content (AvgIpc) is 3.04. The van der Waals surface area contributed by atoms with Crippen LogP contribution in [-0.2, 0) is 13.2 Å². The van der Waals surface area contributed by atoms with Gasteiger partial charge in [-0.3, -0.25) is 0 Å². The summed E-state index contributed by atoms with van der Waals surface area (Å²) in [5.74, 6) is -0.600. The molecule has 1 atom stereocenters. The summed E-state index contributed by atoms with van der Waals surface area (Å²) >= 11 is 0. The monoisotopic (exact) mass is 390 g/mol. The minimum atomic E-state index is -4.55. The van der Waals surface area contributed by atoms with E-state index in [0.717, 1.165) is 12.1 Å². The van der Waals surface area contributed by atoms with E-state index in [1.807, 2.05) is 6.07 Å². The van der Waals surface area contributed by atoms with Crippen LogP contribution in [0.2, 0.25) is 0 Å². The van der Waals surface area contributed by atoms with Crippen molar-refractivity contribution in [3.05, 3.63) is 65.2 Å². The van der Waals surface area contributed by atoms with Gasteiger partial charge in [0.05, 0.1) is 17.2 Å². The molecule has 3 aromatic rings. The molecule has 0 saturated heterocycles. The van der Waals surface area contributed by atoms with Gasteiger partial charge in [0.1, 0.15) is 0 Å². The number of alkyl halides is 3. The summed E-state index contributed by atoms with van der Waals surface area (Å²) in [5.41, 5.74) is -0.807. The Kier molecular flexibility index (Phi) is 5.05. The van der Waals surface area contributed by atoms with E-state index < -0.39 is 23.7 Å². The topological polar surface area (TPSA) is 63.7 Å². The maximum Gasteiger partial charge on any atom is 0.417 e. The van der Waals surface area contributed by atoms with Crippen LogP contribution in [0.5, 0.6) is 5.75 Å². The number of benzene rings is 2. The third-order valence-electron chi connectivity index (χ3n) is 4.11. The lowest BCUT2D eigenvalue weighted by molar-refractivity contribution is -0.137. The zero-order valence-corrected chi connectivity index (χ0v) is 14.8. The van der Waals surface area contributed by atoms with Crippen LogP contribution < -0.4 is 4.74 Å². The Balaban J connectivity index is 1.93. The lowest BCUT2D eigenvalue weighted by Gasteiger charge is -2.16. The Labute approximate surface area is 157 Å². The second-order valence-corrected chi connectivity index (χ2v) is 6.00. The van der Waals surface area contributed by atoms with Crippen LogP contribution >= 0.6 is 0 Å². The molecule has 0 bridgehead atoms. The molecule has 28 heavy (non-hydrogen) atoms. The lowest BCUT2D eigenvalue weighted by atomic mass is 10.1. The molecular weight excluding hydrogens is 376 g/mol. The summed E-state index contributed by atoms with van der Waals surface area (Å²) < 4.78 is 60.8. The third-order valence-corrected chi connectivity index (χ3v) is 4.11. The van der Waals surface area contributed by atoms with Crippen LogP contribution in [0.4, 0.5) is 17.6 Å². The molecule has 0 aliphatic heterocycles. The number of nitriles is 1. The Morgan fingerprint density at radius 3 is 2.50 bits per heavy atom. The summed E-state index contributed by atoms with van der Waals surface area (Å²) in [6.45, 7) is 1.57. The van der Waals surface area contributed by atoms with E-state index in [-0.39, 0.29) is 28.5 Å². The fourth-order valence-corrected chi connectivity index (χ4v) is 2.76. The molecule has 9 heteroatoms. The van der Waals surface area contributed by atoms with Crippen molar-refractivity contribution in [2.45, 2.75) is 19.2 Å². The smallest absolute Gasteiger partial charge is 0.417 e. The van der Waals surface area contributed by atoms with Crippen molar-refractivity contribution in [3.63, 3.8) is 0 Å². The van der Waals surface area contributed by atoms with Gasteiger partial charge in [0.2, 0.25) is 0 Å². The van der Waals surface area contributed by atoms with Gasteiger partial charge in [-0.2, -0.15) is 18.4 Å². The Hall–Kier alpha value is -3.41. The maximum atomic E-state index is 14.0. The highest BCUT2D eigenvalue weighted by molar-refractivity contribution is 5.61. The third kappa shape index (κ3) is 3.67. The van der Waals surface area contributed by atoms with Crippen molar-refractivity contribution in [3.8, 4) is 23.2 Å². The summed E-state index contributed by atoms with van der Waals surface area (Å²) in [4.78, 5) is 0. The van der Waals surface area contributed by atoms with Gasteiger partial charge in [-0.15, -0.1) is 10.2 Å². The second-order valence-electron chi connectivity index (χ2n) is 6.00. The molecule has 0 unspecified atom stereocenters. The van der Waals surface area contributed by atoms with Crippen LogP contribution in [0.25, 0.3) is 11.4 Å². The number of hydrogen-bond acceptors (Lipinski definition) is 4. The van der Waals surface area contributed by atoms with Crippen LogP contribution in [-0.4, -0.2) is 14.8 Å². The van der Waals surface area contributed by atoms with E-state index in [4.69, 9.17) is 10.00 Å². The summed E-state index contributed by atoms with van der Waals surface area (Å²) in [7, 11) is 1.51. The highest BCUT2D eigenvalue weighted by Crippen LogP contribution is 2.36. The molecule has 0 saturated carbocycles. The molecule has 0 spiro atoms. The van der Waals surface area contributed by atoms with Gasteiger partial charge in [0.15, 0.2) is 29.3 Å². The van der Waals surface area contributed by atoms with Crippen LogP contribution in [0.15, 0.2) is 42.5 Å². The van der Waals surface area contributed by atoms with E-state index in [1.165, 1.54) is 41.9 Å². The van der Waals surface area contributed by atoms with Gasteiger partial charge in [-0.25, -0.2) is 4.39 Å². The first kappa shape index (κ1) is 19.4. The number of hydrogen-bond donors (Lipinski definition) is 0. The van der Waals surface area contributed by atoms with Crippen LogP contribution in [0.1, 0.15) is 30.0 Å². The fraction of sp³-hybridized carbons (Fsp3) is 0.211. The average molecular weight is 390 g/mol. The fourth-order valence-electron chi connectivity index (χ4n) is 2.76. The first-order chi connectivity index (χ1) is 13.2. The summed E-state index contributed by atoms with van der Waals surface area (Å²) in [5, 5.41) is 16.6. The highest BCUT2D eigenvalue weighted by Gasteiger charge is 2.35. The summed E-state index contributed by atoms with van der Waals surface area (Å²) in [6.07, 6.45) is -5.34. The molecule has 2 aromatic carbocycles. The highest BCUT2D eigenvalue weighted by atomic mass is 19.4. The zero-order chi connectivity index (χ0) is 20.5. The van der Waals surface area contributed by atoms with Crippen LogP contribution in [0.3, 0.4) is 0 Å². The molecule has 0 fully saturated rings. The van der Waals surface area contributed by atoms with E-state index in [1.54, 1.807) is 6.92 Å². The lowest BCUT2D eigenvalue weighted by Crippen LogP contribution is -2.12.